The van der Waals surface area contributed by atoms with Crippen molar-refractivity contribution in [1.82, 2.24) is 10.2 Å². The van der Waals surface area contributed by atoms with E-state index in [4.69, 9.17) is 0 Å². The van der Waals surface area contributed by atoms with E-state index in [0.717, 1.165) is 15.9 Å². The fourth-order valence-electron chi connectivity index (χ4n) is 1.24. The molecule has 2 rings (SSSR count). The molecule has 15 heavy (non-hydrogen) atoms. The number of H-pyrrole nitrogens is 1. The van der Waals surface area contributed by atoms with Crippen LogP contribution in [0.15, 0.2) is 34.9 Å². The molecule has 0 radical (unpaired) electrons. The molecule has 0 unspecified atom stereocenters. The molecular formula is C10H9BrFN3. The van der Waals surface area contributed by atoms with E-state index in [0.29, 0.717) is 6.54 Å². The molecule has 1 heterocycles. The third kappa shape index (κ3) is 2.79. The van der Waals surface area contributed by atoms with Crippen LogP contribution in [-0.4, -0.2) is 10.2 Å². The normalized spacial score (nSPS) is 10.3. The van der Waals surface area contributed by atoms with Gasteiger partial charge in [-0.3, -0.25) is 5.10 Å². The van der Waals surface area contributed by atoms with Gasteiger partial charge in [0.25, 0.3) is 0 Å². The van der Waals surface area contributed by atoms with Crippen molar-refractivity contribution < 1.29 is 4.39 Å². The number of nitrogens with zero attached hydrogens (tertiary/aromatic N) is 1. The van der Waals surface area contributed by atoms with Crippen molar-refractivity contribution in [3.63, 3.8) is 0 Å². The molecule has 5 heteroatoms. The summed E-state index contributed by atoms with van der Waals surface area (Å²) in [6.07, 6.45) is 1.68. The Bertz CT molecular complexity index is 422. The van der Waals surface area contributed by atoms with Crippen LogP contribution in [-0.2, 0) is 6.54 Å². The smallest absolute Gasteiger partial charge is 0.126 e. The third-order valence-corrected chi connectivity index (χ3v) is 2.36. The minimum Gasteiger partial charge on any atom is -0.379 e. The van der Waals surface area contributed by atoms with Gasteiger partial charge >= 0.3 is 0 Å². The maximum Gasteiger partial charge on any atom is 0.126 e. The van der Waals surface area contributed by atoms with Crippen LogP contribution in [0.5, 0.6) is 0 Å². The zero-order chi connectivity index (χ0) is 10.7. The second-order valence-electron chi connectivity index (χ2n) is 3.09. The van der Waals surface area contributed by atoms with Crippen LogP contribution in [0.1, 0.15) is 5.69 Å². The molecule has 0 spiro atoms. The summed E-state index contributed by atoms with van der Waals surface area (Å²) in [7, 11) is 0. The minimum absolute atomic E-state index is 0.267. The van der Waals surface area contributed by atoms with Crippen LogP contribution in [0.25, 0.3) is 0 Å². The lowest BCUT2D eigenvalue weighted by atomic mass is 10.3. The van der Waals surface area contributed by atoms with E-state index in [9.17, 15) is 4.39 Å². The van der Waals surface area contributed by atoms with Gasteiger partial charge in [-0.1, -0.05) is 15.9 Å². The summed E-state index contributed by atoms with van der Waals surface area (Å²) < 4.78 is 13.7. The summed E-state index contributed by atoms with van der Waals surface area (Å²) in [5.41, 5.74) is 1.69. The Morgan fingerprint density at radius 1 is 1.40 bits per heavy atom. The largest absolute Gasteiger partial charge is 0.379 e. The van der Waals surface area contributed by atoms with Crippen molar-refractivity contribution in [2.75, 3.05) is 5.32 Å². The molecule has 0 amide bonds. The molecule has 2 aromatic rings. The zero-order valence-corrected chi connectivity index (χ0v) is 9.38. The Hall–Kier alpha value is -1.36. The maximum absolute atomic E-state index is 13.0. The lowest BCUT2D eigenvalue weighted by molar-refractivity contribution is 0.627. The number of rotatable bonds is 3. The molecule has 0 aliphatic carbocycles. The van der Waals surface area contributed by atoms with Crippen molar-refractivity contribution in [3.05, 3.63) is 46.4 Å². The second kappa shape index (κ2) is 4.44. The highest BCUT2D eigenvalue weighted by Crippen LogP contribution is 2.18. The van der Waals surface area contributed by atoms with E-state index in [1.807, 2.05) is 12.1 Å². The molecule has 0 bridgehead atoms. The molecule has 1 aromatic carbocycles. The molecule has 0 aliphatic heterocycles. The van der Waals surface area contributed by atoms with Crippen LogP contribution >= 0.6 is 15.9 Å². The van der Waals surface area contributed by atoms with E-state index in [1.165, 1.54) is 12.1 Å². The Morgan fingerprint density at radius 2 is 2.27 bits per heavy atom. The molecule has 2 N–H and O–H groups in total. The Labute approximate surface area is 94.8 Å². The summed E-state index contributed by atoms with van der Waals surface area (Å²) in [5.74, 6) is -0.267. The van der Waals surface area contributed by atoms with Gasteiger partial charge in [-0.15, -0.1) is 0 Å². The maximum atomic E-state index is 13.0. The van der Waals surface area contributed by atoms with Crippen LogP contribution in [0, 0.1) is 5.82 Å². The fourth-order valence-corrected chi connectivity index (χ4v) is 1.70. The summed E-state index contributed by atoms with van der Waals surface area (Å²) in [6, 6.07) is 6.54. The van der Waals surface area contributed by atoms with Crippen LogP contribution in [0.3, 0.4) is 0 Å². The number of aromatic amines is 1. The molecule has 0 fully saturated rings. The summed E-state index contributed by atoms with van der Waals surface area (Å²) >= 11 is 3.23. The minimum atomic E-state index is -0.267. The molecule has 0 atom stereocenters. The van der Waals surface area contributed by atoms with Gasteiger partial charge in [0.05, 0.1) is 12.2 Å². The predicted octanol–water partition coefficient (Wildman–Crippen LogP) is 2.92. The van der Waals surface area contributed by atoms with Gasteiger partial charge in [0, 0.05) is 16.4 Å². The van der Waals surface area contributed by atoms with Crippen LogP contribution < -0.4 is 5.32 Å². The summed E-state index contributed by atoms with van der Waals surface area (Å²) in [6.45, 7) is 0.593. The second-order valence-corrected chi connectivity index (χ2v) is 4.01. The fraction of sp³-hybridized carbons (Fsp3) is 0.100. The number of aromatic nitrogens is 2. The van der Waals surface area contributed by atoms with Crippen LogP contribution in [0.4, 0.5) is 10.1 Å². The number of hydrogen-bond acceptors (Lipinski definition) is 2. The standard InChI is InChI=1S/C10H9BrFN3/c11-7-3-8(12)5-10(4-7)13-6-9-1-2-14-15-9/h1-5,13H,6H2,(H,14,15). The van der Waals surface area contributed by atoms with Gasteiger partial charge in [-0.05, 0) is 24.3 Å². The average molecular weight is 270 g/mol. The van der Waals surface area contributed by atoms with Gasteiger partial charge in [-0.25, -0.2) is 4.39 Å². The molecular weight excluding hydrogens is 261 g/mol. The summed E-state index contributed by atoms with van der Waals surface area (Å²) in [5, 5.41) is 9.73. The van der Waals surface area contributed by atoms with Gasteiger partial charge in [0.15, 0.2) is 0 Å². The number of anilines is 1. The quantitative estimate of drug-likeness (QED) is 0.900. The van der Waals surface area contributed by atoms with Crippen LogP contribution in [0.2, 0.25) is 0 Å². The highest BCUT2D eigenvalue weighted by molar-refractivity contribution is 9.10. The van der Waals surface area contributed by atoms with Gasteiger partial charge in [-0.2, -0.15) is 5.10 Å². The summed E-state index contributed by atoms with van der Waals surface area (Å²) in [4.78, 5) is 0. The Balaban J connectivity index is 2.05. The van der Waals surface area contributed by atoms with Gasteiger partial charge < -0.3 is 5.32 Å². The van der Waals surface area contributed by atoms with E-state index < -0.39 is 0 Å². The van der Waals surface area contributed by atoms with Crippen molar-refractivity contribution in [3.8, 4) is 0 Å². The molecule has 1 aromatic heterocycles. The first-order chi connectivity index (χ1) is 7.24. The average Bonchev–Trinajstić information content (AvgIpc) is 2.65. The van der Waals surface area contributed by atoms with Gasteiger partial charge in [0.2, 0.25) is 0 Å². The zero-order valence-electron chi connectivity index (χ0n) is 7.80. The lowest BCUT2D eigenvalue weighted by Crippen LogP contribution is -2.00. The van der Waals surface area contributed by atoms with Crippen molar-refractivity contribution in [2.24, 2.45) is 0 Å². The van der Waals surface area contributed by atoms with E-state index in [2.05, 4.69) is 31.4 Å². The molecule has 78 valence electrons. The van der Waals surface area contributed by atoms with Crippen molar-refractivity contribution in [1.29, 1.82) is 0 Å². The molecule has 0 aliphatic rings. The molecule has 0 saturated carbocycles. The predicted molar refractivity (Wildman–Crippen MR) is 60.0 cm³/mol. The molecule has 0 saturated heterocycles. The Kier molecular flexibility index (Phi) is 3.01. The third-order valence-electron chi connectivity index (χ3n) is 1.90. The number of halogens is 2. The number of benzene rings is 1. The van der Waals surface area contributed by atoms with E-state index in [-0.39, 0.29) is 5.82 Å². The van der Waals surface area contributed by atoms with E-state index >= 15 is 0 Å². The lowest BCUT2D eigenvalue weighted by Gasteiger charge is -2.05. The number of hydrogen-bond donors (Lipinski definition) is 2. The van der Waals surface area contributed by atoms with Crippen molar-refractivity contribution in [2.45, 2.75) is 6.54 Å². The van der Waals surface area contributed by atoms with E-state index in [1.54, 1.807) is 6.20 Å². The topological polar surface area (TPSA) is 40.7 Å². The van der Waals surface area contributed by atoms with Crippen molar-refractivity contribution >= 4 is 21.6 Å². The highest BCUT2D eigenvalue weighted by atomic mass is 79.9. The number of nitrogens with one attached hydrogen (secondary N) is 2. The monoisotopic (exact) mass is 269 g/mol. The SMILES string of the molecule is Fc1cc(Br)cc(NCc2ccn[nH]2)c1. The van der Waals surface area contributed by atoms with Gasteiger partial charge in [0.1, 0.15) is 5.82 Å². The molecule has 3 nitrogen and oxygen atoms in total. The first-order valence-electron chi connectivity index (χ1n) is 4.42. The first-order valence-corrected chi connectivity index (χ1v) is 5.21. The first kappa shape index (κ1) is 10.2. The highest BCUT2D eigenvalue weighted by Gasteiger charge is 1.99. The Morgan fingerprint density at radius 3 is 2.93 bits per heavy atom.